The highest BCUT2D eigenvalue weighted by Gasteiger charge is 2.05. The van der Waals surface area contributed by atoms with Crippen molar-refractivity contribution in [3.63, 3.8) is 0 Å². The van der Waals surface area contributed by atoms with Gasteiger partial charge >= 0.3 is 6.09 Å². The van der Waals surface area contributed by atoms with Crippen LogP contribution in [0.25, 0.3) is 11.0 Å². The number of rotatable bonds is 2. The van der Waals surface area contributed by atoms with Crippen LogP contribution in [0, 0.1) is 0 Å². The minimum Gasteiger partial charge on any atom is -0.457 e. The maximum absolute atomic E-state index is 10.8. The smallest absolute Gasteiger partial charge is 0.407 e. The fourth-order valence-corrected chi connectivity index (χ4v) is 1.32. The number of amides is 1. The van der Waals surface area contributed by atoms with Crippen molar-refractivity contribution < 1.29 is 13.9 Å². The summed E-state index contributed by atoms with van der Waals surface area (Å²) < 4.78 is 10.3. The van der Waals surface area contributed by atoms with Gasteiger partial charge in [0.1, 0.15) is 11.3 Å². The summed E-state index contributed by atoms with van der Waals surface area (Å²) in [6.45, 7) is 0.147. The Hall–Kier alpha value is -1.97. The summed E-state index contributed by atoms with van der Waals surface area (Å²) in [6.07, 6.45) is -0.463. The van der Waals surface area contributed by atoms with E-state index in [0.717, 1.165) is 11.0 Å². The fraction of sp³-hybridized carbons (Fsp3) is 0.182. The molecule has 4 heteroatoms. The molecule has 78 valence electrons. The van der Waals surface area contributed by atoms with Gasteiger partial charge in [0.05, 0.1) is 0 Å². The van der Waals surface area contributed by atoms with Gasteiger partial charge in [0.25, 0.3) is 0 Å². The van der Waals surface area contributed by atoms with Gasteiger partial charge in [0, 0.05) is 12.4 Å². The molecule has 0 fully saturated rings. The van der Waals surface area contributed by atoms with Crippen LogP contribution in [0.15, 0.2) is 34.7 Å². The molecule has 0 aliphatic carbocycles. The molecule has 0 radical (unpaired) electrons. The summed E-state index contributed by atoms with van der Waals surface area (Å²) >= 11 is 0. The summed E-state index contributed by atoms with van der Waals surface area (Å²) in [6, 6.07) is 9.51. The number of hydrogen-bond donors (Lipinski definition) is 1. The zero-order chi connectivity index (χ0) is 10.7. The van der Waals surface area contributed by atoms with E-state index in [0.29, 0.717) is 5.76 Å². The lowest BCUT2D eigenvalue weighted by Crippen LogP contribution is -2.18. The first-order valence-electron chi connectivity index (χ1n) is 4.61. The Bertz CT molecular complexity index is 442. The van der Waals surface area contributed by atoms with Crippen LogP contribution in [0.2, 0.25) is 0 Å². The zero-order valence-corrected chi connectivity index (χ0v) is 8.32. The van der Waals surface area contributed by atoms with Crippen LogP contribution in [0.5, 0.6) is 0 Å². The van der Waals surface area contributed by atoms with Crippen molar-refractivity contribution in [2.45, 2.75) is 6.61 Å². The van der Waals surface area contributed by atoms with E-state index >= 15 is 0 Å². The Balaban J connectivity index is 2.12. The quantitative estimate of drug-likeness (QED) is 0.818. The fourth-order valence-electron chi connectivity index (χ4n) is 1.32. The van der Waals surface area contributed by atoms with Crippen molar-refractivity contribution >= 4 is 17.1 Å². The topological polar surface area (TPSA) is 51.5 Å². The Morgan fingerprint density at radius 3 is 3.00 bits per heavy atom. The molecule has 0 atom stereocenters. The summed E-state index contributed by atoms with van der Waals surface area (Å²) in [7, 11) is 1.51. The molecule has 1 aromatic carbocycles. The Kier molecular flexibility index (Phi) is 2.58. The number of fused-ring (bicyclic) bond motifs is 1. The average molecular weight is 205 g/mol. The largest absolute Gasteiger partial charge is 0.457 e. The summed E-state index contributed by atoms with van der Waals surface area (Å²) in [4.78, 5) is 10.8. The molecule has 0 aliphatic rings. The molecule has 4 nitrogen and oxygen atoms in total. The van der Waals surface area contributed by atoms with Crippen LogP contribution >= 0.6 is 0 Å². The zero-order valence-electron chi connectivity index (χ0n) is 8.32. The highest BCUT2D eigenvalue weighted by Crippen LogP contribution is 2.19. The average Bonchev–Trinajstić information content (AvgIpc) is 2.68. The number of carbonyl (C=O) groups excluding carboxylic acids is 1. The molecule has 1 N–H and O–H groups in total. The number of furan rings is 1. The third-order valence-electron chi connectivity index (χ3n) is 2.03. The van der Waals surface area contributed by atoms with Gasteiger partial charge in [-0.05, 0) is 12.1 Å². The number of hydrogen-bond acceptors (Lipinski definition) is 3. The van der Waals surface area contributed by atoms with Crippen LogP contribution in [0.3, 0.4) is 0 Å². The first-order valence-corrected chi connectivity index (χ1v) is 4.61. The third-order valence-corrected chi connectivity index (χ3v) is 2.03. The molecule has 1 heterocycles. The lowest BCUT2D eigenvalue weighted by Gasteiger charge is -1.99. The van der Waals surface area contributed by atoms with Gasteiger partial charge in [-0.15, -0.1) is 0 Å². The van der Waals surface area contributed by atoms with Crippen molar-refractivity contribution in [2.24, 2.45) is 0 Å². The second-order valence-electron chi connectivity index (χ2n) is 3.08. The van der Waals surface area contributed by atoms with Gasteiger partial charge in [-0.2, -0.15) is 0 Å². The van der Waals surface area contributed by atoms with Gasteiger partial charge in [0.2, 0.25) is 0 Å². The van der Waals surface area contributed by atoms with Gasteiger partial charge < -0.3 is 14.5 Å². The van der Waals surface area contributed by atoms with Crippen molar-refractivity contribution in [2.75, 3.05) is 7.05 Å². The number of carbonyl (C=O) groups is 1. The molecule has 1 aromatic heterocycles. The molecule has 0 saturated carbocycles. The van der Waals surface area contributed by atoms with E-state index in [2.05, 4.69) is 5.32 Å². The number of ether oxygens (including phenoxy) is 1. The highest BCUT2D eigenvalue weighted by atomic mass is 16.6. The van der Waals surface area contributed by atoms with E-state index in [4.69, 9.17) is 9.15 Å². The van der Waals surface area contributed by atoms with E-state index in [-0.39, 0.29) is 6.61 Å². The van der Waals surface area contributed by atoms with Crippen LogP contribution in [-0.4, -0.2) is 13.1 Å². The van der Waals surface area contributed by atoms with Crippen molar-refractivity contribution in [1.29, 1.82) is 0 Å². The van der Waals surface area contributed by atoms with E-state index in [1.807, 2.05) is 30.3 Å². The number of nitrogens with one attached hydrogen (secondary N) is 1. The first kappa shape index (κ1) is 9.58. The standard InChI is InChI=1S/C11H11NO3/c1-12-11(13)14-7-9-6-8-4-2-3-5-10(8)15-9/h2-6H,7H2,1H3,(H,12,13). The molecule has 0 saturated heterocycles. The molecule has 1 amide bonds. The molecule has 2 aromatic rings. The van der Waals surface area contributed by atoms with Crippen LogP contribution < -0.4 is 5.32 Å². The molecule has 0 unspecified atom stereocenters. The predicted molar refractivity (Wildman–Crippen MR) is 55.5 cm³/mol. The van der Waals surface area contributed by atoms with Crippen molar-refractivity contribution in [3.05, 3.63) is 36.1 Å². The molecule has 0 aliphatic heterocycles. The third kappa shape index (κ3) is 2.10. The van der Waals surface area contributed by atoms with Crippen LogP contribution in [0.4, 0.5) is 4.79 Å². The Morgan fingerprint density at radius 1 is 1.47 bits per heavy atom. The minimum atomic E-state index is -0.463. The minimum absolute atomic E-state index is 0.147. The predicted octanol–water partition coefficient (Wildman–Crippen LogP) is 2.29. The normalized spacial score (nSPS) is 10.2. The van der Waals surface area contributed by atoms with Crippen LogP contribution in [0.1, 0.15) is 5.76 Å². The van der Waals surface area contributed by atoms with Gasteiger partial charge in [0.15, 0.2) is 6.61 Å². The summed E-state index contributed by atoms with van der Waals surface area (Å²) in [5, 5.41) is 3.37. The van der Waals surface area contributed by atoms with Gasteiger partial charge in [-0.1, -0.05) is 18.2 Å². The lowest BCUT2D eigenvalue weighted by molar-refractivity contribution is 0.134. The second-order valence-corrected chi connectivity index (χ2v) is 3.08. The lowest BCUT2D eigenvalue weighted by atomic mass is 10.2. The van der Waals surface area contributed by atoms with E-state index in [1.54, 1.807) is 0 Å². The molecular formula is C11H11NO3. The van der Waals surface area contributed by atoms with Gasteiger partial charge in [-0.25, -0.2) is 4.79 Å². The van der Waals surface area contributed by atoms with E-state index in [9.17, 15) is 4.79 Å². The van der Waals surface area contributed by atoms with E-state index in [1.165, 1.54) is 7.05 Å². The number of para-hydroxylation sites is 1. The molecular weight excluding hydrogens is 194 g/mol. The van der Waals surface area contributed by atoms with Crippen molar-refractivity contribution in [3.8, 4) is 0 Å². The summed E-state index contributed by atoms with van der Waals surface area (Å²) in [5.74, 6) is 0.639. The number of alkyl carbamates (subject to hydrolysis) is 1. The Morgan fingerprint density at radius 2 is 2.27 bits per heavy atom. The van der Waals surface area contributed by atoms with E-state index < -0.39 is 6.09 Å². The first-order chi connectivity index (χ1) is 7.29. The maximum Gasteiger partial charge on any atom is 0.407 e. The maximum atomic E-state index is 10.8. The Labute approximate surface area is 86.8 Å². The molecule has 0 bridgehead atoms. The SMILES string of the molecule is CNC(=O)OCc1cc2ccccc2o1. The summed E-state index contributed by atoms with van der Waals surface area (Å²) in [5.41, 5.74) is 0.799. The molecule has 2 rings (SSSR count). The molecule has 0 spiro atoms. The highest BCUT2D eigenvalue weighted by molar-refractivity contribution is 5.77. The monoisotopic (exact) mass is 205 g/mol. The van der Waals surface area contributed by atoms with Crippen LogP contribution in [-0.2, 0) is 11.3 Å². The second kappa shape index (κ2) is 4.04. The number of benzene rings is 1. The van der Waals surface area contributed by atoms with Gasteiger partial charge in [-0.3, -0.25) is 0 Å². The molecule has 15 heavy (non-hydrogen) atoms. The van der Waals surface area contributed by atoms with Crippen molar-refractivity contribution in [1.82, 2.24) is 5.32 Å².